The van der Waals surface area contributed by atoms with Crippen molar-refractivity contribution in [1.29, 1.82) is 0 Å². The molecule has 0 amide bonds. The summed E-state index contributed by atoms with van der Waals surface area (Å²) in [4.78, 5) is 2.41. The second-order valence-corrected chi connectivity index (χ2v) is 20.6. The van der Waals surface area contributed by atoms with Crippen LogP contribution in [-0.4, -0.2) is 8.07 Å². The Kier molecular flexibility index (Phi) is 9.25. The Morgan fingerprint density at radius 3 is 1.33 bits per heavy atom. The summed E-state index contributed by atoms with van der Waals surface area (Å²) in [7, 11) is -2.65. The van der Waals surface area contributed by atoms with Gasteiger partial charge >= 0.3 is 0 Å². The van der Waals surface area contributed by atoms with Crippen LogP contribution in [0.2, 0.25) is 0 Å². The van der Waals surface area contributed by atoms with Crippen LogP contribution in [0, 0.1) is 0 Å². The Balaban J connectivity index is 1.02. The van der Waals surface area contributed by atoms with Gasteiger partial charge in [-0.2, -0.15) is 0 Å². The van der Waals surface area contributed by atoms with E-state index in [0.717, 1.165) is 17.1 Å². The molecule has 0 atom stereocenters. The van der Waals surface area contributed by atoms with Crippen molar-refractivity contribution < 1.29 is 0 Å². The molecule has 1 aliphatic rings. The topological polar surface area (TPSA) is 3.24 Å². The quantitative estimate of drug-likeness (QED) is 0.138. The first-order valence-electron chi connectivity index (χ1n) is 22.2. The van der Waals surface area contributed by atoms with E-state index in [1.54, 1.807) is 0 Å². The van der Waals surface area contributed by atoms with Gasteiger partial charge in [0.15, 0.2) is 8.07 Å². The van der Waals surface area contributed by atoms with Crippen LogP contribution in [0.1, 0.15) is 0 Å². The van der Waals surface area contributed by atoms with Gasteiger partial charge in [0, 0.05) is 17.1 Å². The molecule has 0 bridgehead atoms. The lowest BCUT2D eigenvalue weighted by molar-refractivity contribution is 1.29. The number of benzene rings is 11. The first kappa shape index (κ1) is 37.7. The van der Waals surface area contributed by atoms with Gasteiger partial charge in [0.1, 0.15) is 0 Å². The van der Waals surface area contributed by atoms with Crippen LogP contribution >= 0.6 is 0 Å². The molecule has 300 valence electrons. The molecule has 11 aromatic carbocycles. The second kappa shape index (κ2) is 15.7. The lowest BCUT2D eigenvalue weighted by Crippen LogP contribution is -2.72. The molecule has 1 heterocycles. The minimum Gasteiger partial charge on any atom is -0.310 e. The lowest BCUT2D eigenvalue weighted by Gasteiger charge is -2.31. The predicted molar refractivity (Wildman–Crippen MR) is 275 cm³/mol. The minimum absolute atomic E-state index is 1.10. The molecule has 12 rings (SSSR count). The fourth-order valence-corrected chi connectivity index (χ4v) is 15.6. The van der Waals surface area contributed by atoms with Crippen molar-refractivity contribution in [2.45, 2.75) is 0 Å². The van der Waals surface area contributed by atoms with Gasteiger partial charge in [-0.1, -0.05) is 218 Å². The summed E-state index contributed by atoms with van der Waals surface area (Å²) in [5, 5.41) is 10.7. The van der Waals surface area contributed by atoms with Gasteiger partial charge in [0.2, 0.25) is 0 Å². The molecule has 0 aromatic heterocycles. The van der Waals surface area contributed by atoms with Crippen molar-refractivity contribution in [2.75, 3.05) is 4.90 Å². The van der Waals surface area contributed by atoms with Crippen molar-refractivity contribution in [3.05, 3.63) is 261 Å². The maximum Gasteiger partial charge on any atom is 0.180 e. The predicted octanol–water partition coefficient (Wildman–Crippen LogP) is 13.8. The summed E-state index contributed by atoms with van der Waals surface area (Å²) >= 11 is 0. The lowest BCUT2D eigenvalue weighted by atomic mass is 9.91. The molecular formula is C62H43NSi. The van der Waals surface area contributed by atoms with Crippen LogP contribution < -0.4 is 25.6 Å². The van der Waals surface area contributed by atoms with E-state index in [2.05, 4.69) is 266 Å². The van der Waals surface area contributed by atoms with Gasteiger partial charge in [0.25, 0.3) is 0 Å². The molecule has 0 N–H and O–H groups in total. The summed E-state index contributed by atoms with van der Waals surface area (Å²) in [6, 6.07) is 96.6. The third-order valence-electron chi connectivity index (χ3n) is 13.3. The highest BCUT2D eigenvalue weighted by Crippen LogP contribution is 2.41. The molecule has 2 heteroatoms. The first-order chi connectivity index (χ1) is 31.7. The largest absolute Gasteiger partial charge is 0.310 e. The van der Waals surface area contributed by atoms with Gasteiger partial charge in [-0.15, -0.1) is 0 Å². The number of hydrogen-bond donors (Lipinski definition) is 0. The third-order valence-corrected chi connectivity index (χ3v) is 18.2. The molecule has 11 aromatic rings. The van der Waals surface area contributed by atoms with E-state index in [1.165, 1.54) is 86.8 Å². The summed E-state index contributed by atoms with van der Waals surface area (Å²) in [5.74, 6) is 0. The maximum atomic E-state index is 2.53. The van der Waals surface area contributed by atoms with Gasteiger partial charge in [-0.05, 0) is 129 Å². The van der Waals surface area contributed by atoms with Crippen molar-refractivity contribution in [3.63, 3.8) is 0 Å². The monoisotopic (exact) mass is 829 g/mol. The number of rotatable bonds is 8. The van der Waals surface area contributed by atoms with Crippen molar-refractivity contribution in [2.24, 2.45) is 0 Å². The highest BCUT2D eigenvalue weighted by Gasteiger charge is 2.48. The standard InChI is InChI=1S/C62H43NSi/c1-5-17-44(18-6-1)45-31-36-51(37-32-45)63(52-38-33-47(34-39-52)57-29-16-22-48-21-15-28-56(62(48)57)46-19-7-2-8-20-46)53-40-35-49-42-59-58-27-13-14-30-60(58)64(54-23-9-3-10-24-54,55-25-11-4-12-26-55)61(59)43-50(49)41-53/h1-43H. The smallest absolute Gasteiger partial charge is 0.180 e. The normalized spacial score (nSPS) is 12.5. The van der Waals surface area contributed by atoms with E-state index in [1.807, 2.05) is 0 Å². The Morgan fingerprint density at radius 1 is 0.250 bits per heavy atom. The number of nitrogens with zero attached hydrogens (tertiary/aromatic N) is 1. The molecule has 0 saturated carbocycles. The molecular weight excluding hydrogens is 787 g/mol. The SMILES string of the molecule is c1ccc(-c2ccc(N(c3ccc(-c4cccc5cccc(-c6ccccc6)c45)cc3)c3ccc4cc5c(cc4c3)[Si](c3ccccc3)(c3ccccc3)c3ccccc3-5)cc2)cc1. The Hall–Kier alpha value is -8.04. The van der Waals surface area contributed by atoms with Gasteiger partial charge in [0.05, 0.1) is 0 Å². The van der Waals surface area contributed by atoms with Crippen LogP contribution in [0.15, 0.2) is 261 Å². The number of hydrogen-bond acceptors (Lipinski definition) is 1. The van der Waals surface area contributed by atoms with Crippen LogP contribution in [0.4, 0.5) is 17.1 Å². The molecule has 0 fully saturated rings. The van der Waals surface area contributed by atoms with Crippen molar-refractivity contribution in [1.82, 2.24) is 0 Å². The minimum atomic E-state index is -2.65. The summed E-state index contributed by atoms with van der Waals surface area (Å²) in [5.41, 5.74) is 13.3. The second-order valence-electron chi connectivity index (χ2n) is 16.8. The average Bonchev–Trinajstić information content (AvgIpc) is 3.66. The van der Waals surface area contributed by atoms with E-state index in [0.29, 0.717) is 0 Å². The molecule has 64 heavy (non-hydrogen) atoms. The van der Waals surface area contributed by atoms with E-state index < -0.39 is 8.07 Å². The first-order valence-corrected chi connectivity index (χ1v) is 24.2. The van der Waals surface area contributed by atoms with Crippen molar-refractivity contribution >= 4 is 67.4 Å². The maximum absolute atomic E-state index is 2.65. The van der Waals surface area contributed by atoms with Gasteiger partial charge in [-0.25, -0.2) is 0 Å². The Labute approximate surface area is 375 Å². The van der Waals surface area contributed by atoms with Crippen LogP contribution in [0.5, 0.6) is 0 Å². The molecule has 0 saturated heterocycles. The molecule has 0 aliphatic carbocycles. The zero-order valence-electron chi connectivity index (χ0n) is 35.3. The zero-order chi connectivity index (χ0) is 42.5. The fraction of sp³-hybridized carbons (Fsp3) is 0. The Morgan fingerprint density at radius 2 is 0.719 bits per heavy atom. The van der Waals surface area contributed by atoms with E-state index in [4.69, 9.17) is 0 Å². The van der Waals surface area contributed by atoms with Crippen molar-refractivity contribution in [3.8, 4) is 44.5 Å². The third kappa shape index (κ3) is 6.22. The van der Waals surface area contributed by atoms with Crippen LogP contribution in [0.3, 0.4) is 0 Å². The van der Waals surface area contributed by atoms with E-state index in [-0.39, 0.29) is 0 Å². The molecule has 0 radical (unpaired) electrons. The van der Waals surface area contributed by atoms with Crippen LogP contribution in [0.25, 0.3) is 66.1 Å². The zero-order valence-corrected chi connectivity index (χ0v) is 36.3. The molecule has 0 spiro atoms. The van der Waals surface area contributed by atoms with E-state index in [9.17, 15) is 0 Å². The molecule has 1 aliphatic heterocycles. The highest BCUT2D eigenvalue weighted by atomic mass is 28.3. The van der Waals surface area contributed by atoms with Gasteiger partial charge in [-0.3, -0.25) is 0 Å². The average molecular weight is 830 g/mol. The highest BCUT2D eigenvalue weighted by molar-refractivity contribution is 7.22. The molecule has 0 unspecified atom stereocenters. The van der Waals surface area contributed by atoms with E-state index >= 15 is 0 Å². The Bertz CT molecular complexity index is 3410. The van der Waals surface area contributed by atoms with Gasteiger partial charge < -0.3 is 4.90 Å². The number of anilines is 3. The summed E-state index contributed by atoms with van der Waals surface area (Å²) in [6.07, 6.45) is 0. The summed E-state index contributed by atoms with van der Waals surface area (Å²) in [6.45, 7) is 0. The summed E-state index contributed by atoms with van der Waals surface area (Å²) < 4.78 is 0. The van der Waals surface area contributed by atoms with Crippen LogP contribution in [-0.2, 0) is 0 Å². The number of fused-ring (bicyclic) bond motifs is 5. The molecule has 1 nitrogen and oxygen atoms in total. The fourth-order valence-electron chi connectivity index (χ4n) is 10.4.